The Bertz CT molecular complexity index is 938. The molecule has 0 unspecified atom stereocenters. The first-order valence-electron chi connectivity index (χ1n) is 8.11. The van der Waals surface area contributed by atoms with Gasteiger partial charge in [-0.15, -0.1) is 0 Å². The summed E-state index contributed by atoms with van der Waals surface area (Å²) in [5, 5.41) is 13.0. The molecule has 3 rings (SSSR count). The minimum atomic E-state index is -0.795. The number of rotatable bonds is 7. The number of carbonyl (C=O) groups is 1. The first kappa shape index (κ1) is 17.6. The van der Waals surface area contributed by atoms with Gasteiger partial charge in [0.2, 0.25) is 0 Å². The van der Waals surface area contributed by atoms with E-state index >= 15 is 0 Å². The maximum Gasteiger partial charge on any atom is 0.303 e. The topological polar surface area (TPSA) is 106 Å². The van der Waals surface area contributed by atoms with Gasteiger partial charge >= 0.3 is 5.97 Å². The number of nitrogens with two attached hydrogens (primary N) is 1. The van der Waals surface area contributed by atoms with Crippen LogP contribution < -0.4 is 11.1 Å². The van der Waals surface area contributed by atoms with E-state index in [9.17, 15) is 4.79 Å². The zero-order chi connectivity index (χ0) is 18.0. The number of imidazole rings is 1. The lowest BCUT2D eigenvalue weighted by atomic mass is 10.2. The number of carboxylic acid groups (broad SMARTS) is 1. The zero-order valence-corrected chi connectivity index (χ0v) is 15.5. The van der Waals surface area contributed by atoms with Crippen LogP contribution >= 0.6 is 15.9 Å². The lowest BCUT2D eigenvalue weighted by molar-refractivity contribution is -0.137. The van der Waals surface area contributed by atoms with Crippen LogP contribution in [0.1, 0.15) is 18.7 Å². The molecular weight excluding hydrogens is 386 g/mol. The fourth-order valence-corrected chi connectivity index (χ4v) is 3.34. The average molecular weight is 406 g/mol. The van der Waals surface area contributed by atoms with Gasteiger partial charge in [0.1, 0.15) is 11.3 Å². The molecule has 0 amide bonds. The molecule has 132 valence electrons. The van der Waals surface area contributed by atoms with E-state index in [1.807, 2.05) is 25.2 Å². The third-order valence-corrected chi connectivity index (χ3v) is 4.61. The van der Waals surface area contributed by atoms with Crippen molar-refractivity contribution in [3.05, 3.63) is 28.5 Å². The third-order valence-electron chi connectivity index (χ3n) is 4.12. The molecule has 2 heterocycles. The monoisotopic (exact) mass is 405 g/mol. The number of nitrogens with zero attached hydrogens (tertiary/aromatic N) is 3. The van der Waals surface area contributed by atoms with E-state index in [0.717, 1.165) is 39.7 Å². The van der Waals surface area contributed by atoms with E-state index in [1.54, 1.807) is 0 Å². The number of hydrogen-bond acceptors (Lipinski definition) is 5. The summed E-state index contributed by atoms with van der Waals surface area (Å²) >= 11 is 3.46. The molecule has 4 N–H and O–H groups in total. The first-order valence-corrected chi connectivity index (χ1v) is 8.90. The van der Waals surface area contributed by atoms with Gasteiger partial charge in [-0.2, -0.15) is 0 Å². The molecule has 0 aliphatic heterocycles. The molecule has 25 heavy (non-hydrogen) atoms. The summed E-state index contributed by atoms with van der Waals surface area (Å²) in [6.45, 7) is 1.36. The fraction of sp³-hybridized carbons (Fsp3) is 0.353. The van der Waals surface area contributed by atoms with Gasteiger partial charge in [0.05, 0.1) is 11.0 Å². The van der Waals surface area contributed by atoms with E-state index in [1.165, 1.54) is 0 Å². The molecule has 1 aromatic carbocycles. The number of halogens is 1. The number of aromatic nitrogens is 3. The summed E-state index contributed by atoms with van der Waals surface area (Å²) < 4.78 is 3.02. The number of pyridine rings is 1. The number of nitrogen functional groups attached to an aromatic ring is 1. The van der Waals surface area contributed by atoms with Crippen molar-refractivity contribution >= 4 is 49.7 Å². The zero-order valence-electron chi connectivity index (χ0n) is 13.9. The average Bonchev–Trinajstić information content (AvgIpc) is 2.92. The van der Waals surface area contributed by atoms with E-state index in [4.69, 9.17) is 15.8 Å². The molecule has 3 aromatic rings. The van der Waals surface area contributed by atoms with E-state index in [-0.39, 0.29) is 6.42 Å². The van der Waals surface area contributed by atoms with Gasteiger partial charge in [-0.3, -0.25) is 4.79 Å². The maximum atomic E-state index is 10.9. The Labute approximate surface area is 153 Å². The number of aliphatic carboxylic acids is 1. The second-order valence-corrected chi connectivity index (χ2v) is 6.80. The number of fused-ring (bicyclic) bond motifs is 3. The van der Waals surface area contributed by atoms with E-state index in [2.05, 4.69) is 30.8 Å². The third kappa shape index (κ3) is 3.59. The van der Waals surface area contributed by atoms with Gasteiger partial charge in [0.25, 0.3) is 0 Å². The highest BCUT2D eigenvalue weighted by molar-refractivity contribution is 9.10. The fourth-order valence-electron chi connectivity index (χ4n) is 2.99. The van der Waals surface area contributed by atoms with Crippen molar-refractivity contribution in [2.45, 2.75) is 25.8 Å². The normalized spacial score (nSPS) is 11.4. The predicted molar refractivity (Wildman–Crippen MR) is 102 cm³/mol. The van der Waals surface area contributed by atoms with Crippen LogP contribution in [-0.2, 0) is 17.8 Å². The Kier molecular flexibility index (Phi) is 5.19. The number of nitrogens with one attached hydrogen (secondary N) is 1. The van der Waals surface area contributed by atoms with Crippen LogP contribution in [0.5, 0.6) is 0 Å². The molecule has 0 fully saturated rings. The number of carboxylic acids is 1. The van der Waals surface area contributed by atoms with Gasteiger partial charge in [0, 0.05) is 35.8 Å². The van der Waals surface area contributed by atoms with Crippen molar-refractivity contribution in [1.82, 2.24) is 19.9 Å². The molecule has 0 spiro atoms. The first-order chi connectivity index (χ1) is 12.0. The molecule has 0 aliphatic rings. The van der Waals surface area contributed by atoms with Crippen LogP contribution in [0.25, 0.3) is 21.9 Å². The van der Waals surface area contributed by atoms with Crippen molar-refractivity contribution in [3.8, 4) is 0 Å². The summed E-state index contributed by atoms with van der Waals surface area (Å²) in [4.78, 5) is 20.0. The Morgan fingerprint density at radius 2 is 2.20 bits per heavy atom. The Hall–Kier alpha value is -2.19. The van der Waals surface area contributed by atoms with Gasteiger partial charge in [-0.1, -0.05) is 15.9 Å². The van der Waals surface area contributed by atoms with E-state index < -0.39 is 5.97 Å². The maximum absolute atomic E-state index is 10.9. The number of likely N-dealkylation sites (N-methyl/N-ethyl adjacent to an activating group) is 1. The van der Waals surface area contributed by atoms with Crippen LogP contribution in [0, 0.1) is 0 Å². The van der Waals surface area contributed by atoms with E-state index in [0.29, 0.717) is 24.3 Å². The number of benzene rings is 1. The van der Waals surface area contributed by atoms with Crippen molar-refractivity contribution in [2.24, 2.45) is 0 Å². The van der Waals surface area contributed by atoms with Crippen LogP contribution in [0.15, 0.2) is 22.7 Å². The second-order valence-electron chi connectivity index (χ2n) is 5.89. The number of anilines is 1. The van der Waals surface area contributed by atoms with Gasteiger partial charge in [0.15, 0.2) is 5.82 Å². The lowest BCUT2D eigenvalue weighted by Gasteiger charge is -2.10. The van der Waals surface area contributed by atoms with Crippen LogP contribution in [-0.4, -0.2) is 39.2 Å². The summed E-state index contributed by atoms with van der Waals surface area (Å²) in [6, 6.07) is 5.87. The van der Waals surface area contributed by atoms with Crippen LogP contribution in [0.3, 0.4) is 0 Å². The summed E-state index contributed by atoms with van der Waals surface area (Å²) in [5.74, 6) is 0.484. The highest BCUT2D eigenvalue weighted by atomic mass is 79.9. The summed E-state index contributed by atoms with van der Waals surface area (Å²) in [7, 11) is 1.89. The highest BCUT2D eigenvalue weighted by Gasteiger charge is 2.17. The number of aryl methyl sites for hydroxylation is 1. The van der Waals surface area contributed by atoms with Gasteiger partial charge < -0.3 is 20.7 Å². The Morgan fingerprint density at radius 3 is 2.92 bits per heavy atom. The van der Waals surface area contributed by atoms with Gasteiger partial charge in [-0.05, 0) is 31.7 Å². The minimum absolute atomic E-state index is 0.120. The highest BCUT2D eigenvalue weighted by Crippen LogP contribution is 2.30. The molecule has 8 heteroatoms. The van der Waals surface area contributed by atoms with Crippen LogP contribution in [0.4, 0.5) is 5.82 Å². The molecule has 0 saturated carbocycles. The number of hydrogen-bond donors (Lipinski definition) is 3. The summed E-state index contributed by atoms with van der Waals surface area (Å²) in [6.07, 6.45) is 1.39. The molecule has 0 radical (unpaired) electrons. The van der Waals surface area contributed by atoms with Crippen molar-refractivity contribution in [3.63, 3.8) is 0 Å². The summed E-state index contributed by atoms with van der Waals surface area (Å²) in [5.41, 5.74) is 8.54. The van der Waals surface area contributed by atoms with Crippen molar-refractivity contribution in [1.29, 1.82) is 0 Å². The molecule has 2 aromatic heterocycles. The molecule has 7 nitrogen and oxygen atoms in total. The molecule has 0 saturated heterocycles. The van der Waals surface area contributed by atoms with Crippen LogP contribution in [0.2, 0.25) is 0 Å². The largest absolute Gasteiger partial charge is 0.481 e. The Balaban J connectivity index is 2.18. The Morgan fingerprint density at radius 1 is 1.40 bits per heavy atom. The van der Waals surface area contributed by atoms with Gasteiger partial charge in [-0.25, -0.2) is 9.97 Å². The molecule has 0 aliphatic carbocycles. The molecule has 0 atom stereocenters. The smallest absolute Gasteiger partial charge is 0.303 e. The molecule has 0 bridgehead atoms. The second kappa shape index (κ2) is 7.37. The molecular formula is C17H20BrN5O2. The lowest BCUT2D eigenvalue weighted by Crippen LogP contribution is -2.14. The van der Waals surface area contributed by atoms with Crippen molar-refractivity contribution in [2.75, 3.05) is 19.3 Å². The predicted octanol–water partition coefficient (Wildman–Crippen LogP) is 2.56. The SMILES string of the molecule is CNCCc1nc2c(N)nc3cc(Br)ccc3c2n1CCCC(=O)O. The quantitative estimate of drug-likeness (QED) is 0.557. The van der Waals surface area contributed by atoms with Crippen molar-refractivity contribution < 1.29 is 9.90 Å². The minimum Gasteiger partial charge on any atom is -0.481 e. The standard InChI is InChI=1S/C17H20BrN5O2/c1-20-7-6-13-22-15-16(23(13)8-2-3-14(24)25)11-5-4-10(18)9-12(11)21-17(15)19/h4-5,9,20H,2-3,6-8H2,1H3,(H2,19,21)(H,24,25).